The molecule has 2 rings (SSSR count). The van der Waals surface area contributed by atoms with E-state index in [9.17, 15) is 13.6 Å². The summed E-state index contributed by atoms with van der Waals surface area (Å²) >= 11 is 0. The summed E-state index contributed by atoms with van der Waals surface area (Å²) in [7, 11) is 0. The third kappa shape index (κ3) is 3.04. The van der Waals surface area contributed by atoms with E-state index in [1.54, 1.807) is 12.1 Å². The second kappa shape index (κ2) is 5.91. The van der Waals surface area contributed by atoms with Gasteiger partial charge in [0.05, 0.1) is 12.2 Å². The van der Waals surface area contributed by atoms with Gasteiger partial charge in [-0.3, -0.25) is 4.79 Å². The van der Waals surface area contributed by atoms with Crippen molar-refractivity contribution >= 4 is 5.78 Å². The Labute approximate surface area is 104 Å². The highest BCUT2D eigenvalue weighted by molar-refractivity contribution is 6.00. The first-order valence-corrected chi connectivity index (χ1v) is 5.84. The summed E-state index contributed by atoms with van der Waals surface area (Å²) in [5, 5.41) is 0. The number of rotatable bonds is 4. The molecule has 5 heteroatoms. The van der Waals surface area contributed by atoms with Crippen molar-refractivity contribution in [1.82, 2.24) is 0 Å². The van der Waals surface area contributed by atoms with E-state index in [1.165, 1.54) is 12.1 Å². The van der Waals surface area contributed by atoms with Crippen LogP contribution in [0.5, 0.6) is 5.75 Å². The molecule has 1 aromatic carbocycles. The van der Waals surface area contributed by atoms with Crippen LogP contribution in [0.2, 0.25) is 0 Å². The number of benzene rings is 1. The van der Waals surface area contributed by atoms with Gasteiger partial charge in [0.15, 0.2) is 5.78 Å². The quantitative estimate of drug-likeness (QED) is 0.777. The van der Waals surface area contributed by atoms with Crippen molar-refractivity contribution in [3.63, 3.8) is 0 Å². The zero-order valence-corrected chi connectivity index (χ0v) is 9.77. The molecule has 0 saturated carbocycles. The van der Waals surface area contributed by atoms with Crippen LogP contribution in [0, 0.1) is 5.92 Å². The number of ether oxygens (including phenoxy) is 2. The molecule has 0 bridgehead atoms. The van der Waals surface area contributed by atoms with Crippen LogP contribution in [0.3, 0.4) is 0 Å². The van der Waals surface area contributed by atoms with Crippen LogP contribution in [-0.2, 0) is 4.74 Å². The maximum absolute atomic E-state index is 12.2. The van der Waals surface area contributed by atoms with Crippen LogP contribution in [0.1, 0.15) is 23.2 Å². The van der Waals surface area contributed by atoms with Gasteiger partial charge in [0, 0.05) is 12.5 Å². The van der Waals surface area contributed by atoms with Gasteiger partial charge in [-0.15, -0.1) is 0 Å². The van der Waals surface area contributed by atoms with Gasteiger partial charge in [0.25, 0.3) is 0 Å². The average Bonchev–Trinajstić information content (AvgIpc) is 2.39. The Kier molecular flexibility index (Phi) is 4.25. The fourth-order valence-corrected chi connectivity index (χ4v) is 2.04. The van der Waals surface area contributed by atoms with Crippen molar-refractivity contribution in [1.29, 1.82) is 0 Å². The van der Waals surface area contributed by atoms with E-state index in [2.05, 4.69) is 4.74 Å². The highest BCUT2D eigenvalue weighted by atomic mass is 19.3. The fraction of sp³-hybridized carbons (Fsp3) is 0.462. The van der Waals surface area contributed by atoms with Crippen molar-refractivity contribution in [2.75, 3.05) is 13.2 Å². The largest absolute Gasteiger partial charge is 0.434 e. The lowest BCUT2D eigenvalue weighted by Gasteiger charge is -2.21. The number of carbonyl (C=O) groups excluding carboxylic acids is 1. The highest BCUT2D eigenvalue weighted by Gasteiger charge is 2.25. The van der Waals surface area contributed by atoms with Crippen molar-refractivity contribution in [3.05, 3.63) is 29.8 Å². The number of alkyl halides is 2. The van der Waals surface area contributed by atoms with Crippen molar-refractivity contribution in [2.45, 2.75) is 19.5 Å². The first-order valence-electron chi connectivity index (χ1n) is 5.84. The van der Waals surface area contributed by atoms with E-state index in [0.717, 1.165) is 12.8 Å². The van der Waals surface area contributed by atoms with Crippen molar-refractivity contribution < 1.29 is 23.0 Å². The predicted octanol–water partition coefficient (Wildman–Crippen LogP) is 2.90. The molecule has 1 heterocycles. The first kappa shape index (κ1) is 13.0. The van der Waals surface area contributed by atoms with E-state index >= 15 is 0 Å². The molecule has 0 amide bonds. The molecule has 18 heavy (non-hydrogen) atoms. The van der Waals surface area contributed by atoms with Crippen LogP contribution in [0.25, 0.3) is 0 Å². The molecule has 0 N–H and O–H groups in total. The Bertz CT molecular complexity index is 414. The van der Waals surface area contributed by atoms with Gasteiger partial charge in [-0.1, -0.05) is 12.1 Å². The number of ketones is 1. The molecule has 1 unspecified atom stereocenters. The summed E-state index contributed by atoms with van der Waals surface area (Å²) in [6.07, 6.45) is 1.54. The normalized spacial score (nSPS) is 19.8. The molecule has 1 saturated heterocycles. The third-order valence-electron chi connectivity index (χ3n) is 2.90. The minimum absolute atomic E-state index is 0.0666. The molecule has 1 fully saturated rings. The molecular formula is C13H14F2O3. The second-order valence-electron chi connectivity index (χ2n) is 4.15. The average molecular weight is 256 g/mol. The Morgan fingerprint density at radius 1 is 1.39 bits per heavy atom. The number of halogens is 2. The molecule has 0 spiro atoms. The lowest BCUT2D eigenvalue weighted by atomic mass is 9.92. The van der Waals surface area contributed by atoms with Crippen molar-refractivity contribution in [2.24, 2.45) is 5.92 Å². The van der Waals surface area contributed by atoms with Gasteiger partial charge in [0.1, 0.15) is 5.75 Å². The molecule has 1 aliphatic heterocycles. The Morgan fingerprint density at radius 3 is 2.83 bits per heavy atom. The van der Waals surface area contributed by atoms with Crippen LogP contribution < -0.4 is 4.74 Å². The molecule has 98 valence electrons. The predicted molar refractivity (Wildman–Crippen MR) is 60.9 cm³/mol. The van der Waals surface area contributed by atoms with E-state index in [1.807, 2.05) is 0 Å². The lowest BCUT2D eigenvalue weighted by molar-refractivity contribution is -0.0502. The first-order chi connectivity index (χ1) is 8.68. The topological polar surface area (TPSA) is 35.5 Å². The lowest BCUT2D eigenvalue weighted by Crippen LogP contribution is -2.25. The number of para-hydroxylation sites is 1. The smallest absolute Gasteiger partial charge is 0.387 e. The summed E-state index contributed by atoms with van der Waals surface area (Å²) in [4.78, 5) is 12.2. The summed E-state index contributed by atoms with van der Waals surface area (Å²) in [6, 6.07) is 6.08. The SMILES string of the molecule is O=C(c1ccccc1OC(F)F)C1CCCOC1. The molecule has 0 radical (unpaired) electrons. The van der Waals surface area contributed by atoms with Gasteiger partial charge in [-0.05, 0) is 25.0 Å². The minimum Gasteiger partial charge on any atom is -0.434 e. The Hall–Kier alpha value is -1.49. The van der Waals surface area contributed by atoms with Crippen LogP contribution >= 0.6 is 0 Å². The molecule has 0 aromatic heterocycles. The van der Waals surface area contributed by atoms with Gasteiger partial charge in [0.2, 0.25) is 0 Å². The van der Waals surface area contributed by atoms with Crippen LogP contribution in [0.15, 0.2) is 24.3 Å². The van der Waals surface area contributed by atoms with Crippen LogP contribution in [-0.4, -0.2) is 25.6 Å². The number of Topliss-reactive ketones (excluding diaryl/α,β-unsaturated/α-hetero) is 1. The number of hydrogen-bond donors (Lipinski definition) is 0. The van der Waals surface area contributed by atoms with E-state index < -0.39 is 6.61 Å². The monoisotopic (exact) mass is 256 g/mol. The Morgan fingerprint density at radius 2 is 2.17 bits per heavy atom. The van der Waals surface area contributed by atoms with Gasteiger partial charge in [-0.2, -0.15) is 8.78 Å². The standard InChI is InChI=1S/C13H14F2O3/c14-13(15)18-11-6-2-1-5-10(11)12(16)9-4-3-7-17-8-9/h1-2,5-6,9,13H,3-4,7-8H2. The summed E-state index contributed by atoms with van der Waals surface area (Å²) in [5.41, 5.74) is 0.202. The van der Waals surface area contributed by atoms with E-state index in [-0.39, 0.29) is 23.0 Å². The zero-order chi connectivity index (χ0) is 13.0. The summed E-state index contributed by atoms with van der Waals surface area (Å²) < 4.78 is 34.1. The van der Waals surface area contributed by atoms with E-state index in [0.29, 0.717) is 13.2 Å². The van der Waals surface area contributed by atoms with Gasteiger partial charge >= 0.3 is 6.61 Å². The van der Waals surface area contributed by atoms with Gasteiger partial charge in [-0.25, -0.2) is 0 Å². The maximum Gasteiger partial charge on any atom is 0.387 e. The third-order valence-corrected chi connectivity index (χ3v) is 2.90. The molecule has 1 aromatic rings. The summed E-state index contributed by atoms with van der Waals surface area (Å²) in [6.45, 7) is -1.93. The summed E-state index contributed by atoms with van der Waals surface area (Å²) in [5.74, 6) is -0.518. The van der Waals surface area contributed by atoms with Crippen LogP contribution in [0.4, 0.5) is 8.78 Å². The molecule has 3 nitrogen and oxygen atoms in total. The number of carbonyl (C=O) groups is 1. The highest BCUT2D eigenvalue weighted by Crippen LogP contribution is 2.26. The molecular weight excluding hydrogens is 242 g/mol. The molecule has 1 atom stereocenters. The molecule has 1 aliphatic rings. The zero-order valence-electron chi connectivity index (χ0n) is 9.77. The second-order valence-corrected chi connectivity index (χ2v) is 4.15. The van der Waals surface area contributed by atoms with E-state index in [4.69, 9.17) is 4.74 Å². The van der Waals surface area contributed by atoms with Gasteiger partial charge < -0.3 is 9.47 Å². The maximum atomic E-state index is 12.2. The fourth-order valence-electron chi connectivity index (χ4n) is 2.04. The van der Waals surface area contributed by atoms with Crippen molar-refractivity contribution in [3.8, 4) is 5.75 Å². The number of hydrogen-bond acceptors (Lipinski definition) is 3. The molecule has 0 aliphatic carbocycles. The Balaban J connectivity index is 2.18. The minimum atomic E-state index is -2.93.